The summed E-state index contributed by atoms with van der Waals surface area (Å²) in [4.78, 5) is 15.6. The molecule has 0 aliphatic carbocycles. The second-order valence-electron chi connectivity index (χ2n) is 7.40. The van der Waals surface area contributed by atoms with Crippen LogP contribution in [0, 0.1) is 0 Å². The van der Waals surface area contributed by atoms with E-state index in [1.165, 1.54) is 10.5 Å². The quantitative estimate of drug-likeness (QED) is 0.607. The fraction of sp³-hybridized carbons (Fsp3) is 0.381. The maximum Gasteiger partial charge on any atom is 0.319 e. The molecule has 0 bridgehead atoms. The van der Waals surface area contributed by atoms with Gasteiger partial charge in [0.1, 0.15) is 32.2 Å². The molecule has 2 aromatic rings. The molecule has 1 heterocycles. The minimum atomic E-state index is -0.204. The number of amides is 2. The van der Waals surface area contributed by atoms with Crippen molar-refractivity contribution in [3.8, 4) is 0 Å². The first kappa shape index (κ1) is 19.7. The van der Waals surface area contributed by atoms with Crippen LogP contribution in [0.1, 0.15) is 18.5 Å². The van der Waals surface area contributed by atoms with Crippen molar-refractivity contribution in [1.29, 1.82) is 0 Å². The zero-order valence-corrected chi connectivity index (χ0v) is 16.7. The fourth-order valence-electron chi connectivity index (χ4n) is 3.87. The van der Waals surface area contributed by atoms with Gasteiger partial charge in [-0.3, -0.25) is 0 Å². The first-order chi connectivity index (χ1) is 13.0. The van der Waals surface area contributed by atoms with E-state index in [-0.39, 0.29) is 18.1 Å². The standard InChI is InChI=1S/C21H27ClN4O/c1-16(23-21(27)24-19-10-6-9-18(22)15-19)20(17-7-4-3-5-8-17)26-13-11-25(2)12-14-26/h3-10,15-16,20H,11-14H2,1-2H3,(H2,23,24,27)/p+2/t16-,20+/m1/s1. The van der Waals surface area contributed by atoms with E-state index in [0.29, 0.717) is 10.7 Å². The predicted octanol–water partition coefficient (Wildman–Crippen LogP) is 1.00. The van der Waals surface area contributed by atoms with Crippen LogP contribution in [0.5, 0.6) is 0 Å². The Bertz CT molecular complexity index is 747. The van der Waals surface area contributed by atoms with E-state index in [4.69, 9.17) is 11.6 Å². The molecule has 1 aliphatic heterocycles. The Morgan fingerprint density at radius 2 is 1.74 bits per heavy atom. The van der Waals surface area contributed by atoms with E-state index in [0.717, 1.165) is 26.2 Å². The SMILES string of the molecule is C[C@@H](NC(=O)Nc1cccc(Cl)c1)[C@@H](c1ccccc1)[NH+]1CC[NH+](C)CC1. The molecule has 2 amide bonds. The average molecular weight is 389 g/mol. The highest BCUT2D eigenvalue weighted by molar-refractivity contribution is 6.30. The molecule has 3 rings (SSSR count). The van der Waals surface area contributed by atoms with Crippen molar-refractivity contribution in [1.82, 2.24) is 5.32 Å². The Hall–Kier alpha value is -2.08. The normalized spacial score (nSPS) is 21.9. The molecule has 27 heavy (non-hydrogen) atoms. The van der Waals surface area contributed by atoms with Crippen LogP contribution in [-0.2, 0) is 0 Å². The first-order valence-corrected chi connectivity index (χ1v) is 9.94. The Morgan fingerprint density at radius 3 is 2.41 bits per heavy atom. The number of piperazine rings is 1. The summed E-state index contributed by atoms with van der Waals surface area (Å²) in [5.74, 6) is 0. The summed E-state index contributed by atoms with van der Waals surface area (Å²) < 4.78 is 0. The lowest BCUT2D eigenvalue weighted by molar-refractivity contribution is -1.02. The highest BCUT2D eigenvalue weighted by Gasteiger charge is 2.34. The molecule has 0 unspecified atom stereocenters. The molecule has 1 saturated heterocycles. The molecule has 4 N–H and O–H groups in total. The van der Waals surface area contributed by atoms with Crippen LogP contribution < -0.4 is 20.4 Å². The molecule has 5 nitrogen and oxygen atoms in total. The van der Waals surface area contributed by atoms with Gasteiger partial charge in [-0.15, -0.1) is 0 Å². The third-order valence-corrected chi connectivity index (χ3v) is 5.52. The Balaban J connectivity index is 1.70. The number of benzene rings is 2. The molecule has 144 valence electrons. The number of hydrogen-bond donors (Lipinski definition) is 4. The van der Waals surface area contributed by atoms with Gasteiger partial charge in [0, 0.05) is 16.3 Å². The molecule has 1 aliphatic rings. The third kappa shape index (κ3) is 5.45. The van der Waals surface area contributed by atoms with Gasteiger partial charge in [0.25, 0.3) is 0 Å². The average Bonchev–Trinajstić information content (AvgIpc) is 2.64. The zero-order chi connectivity index (χ0) is 19.2. The molecule has 6 heteroatoms. The smallest absolute Gasteiger partial charge is 0.319 e. The van der Waals surface area contributed by atoms with Crippen molar-refractivity contribution in [2.75, 3.05) is 38.5 Å². The van der Waals surface area contributed by atoms with Gasteiger partial charge in [-0.1, -0.05) is 48.0 Å². The highest BCUT2D eigenvalue weighted by Crippen LogP contribution is 2.16. The van der Waals surface area contributed by atoms with Crippen LogP contribution in [-0.4, -0.2) is 45.3 Å². The van der Waals surface area contributed by atoms with Crippen LogP contribution in [0.2, 0.25) is 5.02 Å². The van der Waals surface area contributed by atoms with Crippen LogP contribution in [0.15, 0.2) is 54.6 Å². The van der Waals surface area contributed by atoms with E-state index < -0.39 is 0 Å². The Kier molecular flexibility index (Phi) is 6.72. The number of urea groups is 1. The number of carbonyl (C=O) groups excluding carboxylic acids is 1. The van der Waals surface area contributed by atoms with E-state index in [1.807, 2.05) is 18.2 Å². The summed E-state index contributed by atoms with van der Waals surface area (Å²) in [6.07, 6.45) is 0. The number of anilines is 1. The van der Waals surface area contributed by atoms with Crippen LogP contribution in [0.25, 0.3) is 0 Å². The Labute approximate surface area is 166 Å². The number of rotatable bonds is 5. The van der Waals surface area contributed by atoms with Gasteiger partial charge in [0.05, 0.1) is 13.1 Å². The summed E-state index contributed by atoms with van der Waals surface area (Å²) in [5.41, 5.74) is 1.96. The maximum absolute atomic E-state index is 12.5. The summed E-state index contributed by atoms with van der Waals surface area (Å²) in [5, 5.41) is 6.62. The molecule has 0 spiro atoms. The highest BCUT2D eigenvalue weighted by atomic mass is 35.5. The zero-order valence-electron chi connectivity index (χ0n) is 16.0. The topological polar surface area (TPSA) is 50.0 Å². The van der Waals surface area contributed by atoms with Gasteiger partial charge < -0.3 is 20.4 Å². The second-order valence-corrected chi connectivity index (χ2v) is 7.84. The summed E-state index contributed by atoms with van der Waals surface area (Å²) in [6, 6.07) is 17.7. The summed E-state index contributed by atoms with van der Waals surface area (Å²) in [6.45, 7) is 6.61. The van der Waals surface area contributed by atoms with Crippen molar-refractivity contribution < 1.29 is 14.6 Å². The minimum absolute atomic E-state index is 0.00000898. The fourth-order valence-corrected chi connectivity index (χ4v) is 4.06. The number of nitrogens with one attached hydrogen (secondary N) is 4. The molecular formula is C21H29ClN4O+2. The number of hydrogen-bond acceptors (Lipinski definition) is 1. The number of carbonyl (C=O) groups is 1. The molecule has 2 aromatic carbocycles. The molecule has 0 aromatic heterocycles. The third-order valence-electron chi connectivity index (χ3n) is 5.29. The van der Waals surface area contributed by atoms with Crippen LogP contribution in [0.4, 0.5) is 10.5 Å². The van der Waals surface area contributed by atoms with E-state index in [2.05, 4.69) is 48.9 Å². The van der Waals surface area contributed by atoms with Crippen molar-refractivity contribution >= 4 is 23.3 Å². The van der Waals surface area contributed by atoms with E-state index in [9.17, 15) is 4.79 Å². The van der Waals surface area contributed by atoms with Crippen molar-refractivity contribution in [2.24, 2.45) is 0 Å². The van der Waals surface area contributed by atoms with Crippen LogP contribution >= 0.6 is 11.6 Å². The van der Waals surface area contributed by atoms with Crippen molar-refractivity contribution in [2.45, 2.75) is 19.0 Å². The predicted molar refractivity (Wildman–Crippen MR) is 110 cm³/mol. The first-order valence-electron chi connectivity index (χ1n) is 9.57. The molecule has 0 radical (unpaired) electrons. The van der Waals surface area contributed by atoms with Gasteiger partial charge >= 0.3 is 6.03 Å². The summed E-state index contributed by atoms with van der Waals surface area (Å²) in [7, 11) is 2.24. The van der Waals surface area contributed by atoms with Gasteiger partial charge in [0.15, 0.2) is 0 Å². The lowest BCUT2D eigenvalue weighted by atomic mass is 9.98. The lowest BCUT2D eigenvalue weighted by Gasteiger charge is -2.36. The maximum atomic E-state index is 12.5. The molecule has 1 fully saturated rings. The van der Waals surface area contributed by atoms with Gasteiger partial charge in [-0.25, -0.2) is 4.79 Å². The molecular weight excluding hydrogens is 360 g/mol. The number of quaternary nitrogens is 2. The number of likely N-dealkylation sites (N-methyl/N-ethyl adjacent to an activating group) is 1. The molecule has 2 atom stereocenters. The lowest BCUT2D eigenvalue weighted by Crippen LogP contribution is -3.27. The van der Waals surface area contributed by atoms with Gasteiger partial charge in [-0.05, 0) is 25.1 Å². The van der Waals surface area contributed by atoms with Gasteiger partial charge in [0.2, 0.25) is 0 Å². The van der Waals surface area contributed by atoms with Crippen molar-refractivity contribution in [3.05, 3.63) is 65.2 Å². The molecule has 0 saturated carbocycles. The van der Waals surface area contributed by atoms with E-state index in [1.54, 1.807) is 17.0 Å². The van der Waals surface area contributed by atoms with Gasteiger partial charge in [-0.2, -0.15) is 0 Å². The monoisotopic (exact) mass is 388 g/mol. The second kappa shape index (κ2) is 9.22. The largest absolute Gasteiger partial charge is 0.329 e. The number of halogens is 1. The van der Waals surface area contributed by atoms with Crippen molar-refractivity contribution in [3.63, 3.8) is 0 Å². The van der Waals surface area contributed by atoms with E-state index >= 15 is 0 Å². The minimum Gasteiger partial charge on any atom is -0.329 e. The Morgan fingerprint density at radius 1 is 1.04 bits per heavy atom. The summed E-state index contributed by atoms with van der Waals surface area (Å²) >= 11 is 6.00. The van der Waals surface area contributed by atoms with Crippen LogP contribution in [0.3, 0.4) is 0 Å².